The highest BCUT2D eigenvalue weighted by atomic mass is 127. The predicted octanol–water partition coefficient (Wildman–Crippen LogP) is 3.42. The fraction of sp³-hybridized carbons (Fsp3) is 0.611. The molecule has 2 N–H and O–H groups in total. The summed E-state index contributed by atoms with van der Waals surface area (Å²) in [5.41, 5.74) is 0.498. The fourth-order valence-electron chi connectivity index (χ4n) is 2.64. The van der Waals surface area contributed by atoms with Crippen LogP contribution in [0, 0.1) is 0 Å². The van der Waals surface area contributed by atoms with Crippen LogP contribution in [-0.4, -0.2) is 53.2 Å². The largest absolute Gasteiger partial charge is 0.444 e. The highest BCUT2D eigenvalue weighted by Crippen LogP contribution is 2.13. The summed E-state index contributed by atoms with van der Waals surface area (Å²) in [7, 11) is 0. The molecule has 0 spiro atoms. The topological polar surface area (TPSA) is 78.9 Å². The van der Waals surface area contributed by atoms with Gasteiger partial charge in [0.2, 0.25) is 0 Å². The smallest absolute Gasteiger partial charge is 0.407 e. The third kappa shape index (κ3) is 8.50. The molecule has 0 aliphatic carbocycles. The Hall–Kier alpha value is -1.29. The minimum Gasteiger partial charge on any atom is -0.444 e. The zero-order valence-corrected chi connectivity index (χ0v) is 19.4. The molecule has 1 saturated heterocycles. The number of halogens is 2. The maximum absolute atomic E-state index is 11.9. The zero-order valence-electron chi connectivity index (χ0n) is 16.3. The Morgan fingerprint density at radius 3 is 2.78 bits per heavy atom. The van der Waals surface area contributed by atoms with Crippen molar-refractivity contribution in [1.29, 1.82) is 0 Å². The second kappa shape index (κ2) is 10.9. The van der Waals surface area contributed by atoms with Crippen molar-refractivity contribution in [1.82, 2.24) is 20.5 Å². The van der Waals surface area contributed by atoms with Gasteiger partial charge in [-0.05, 0) is 45.7 Å². The number of carbonyl (C=O) groups excluding carboxylic acids is 1. The van der Waals surface area contributed by atoms with Crippen molar-refractivity contribution in [3.05, 3.63) is 29.0 Å². The number of nitrogens with one attached hydrogen (secondary N) is 2. The van der Waals surface area contributed by atoms with E-state index >= 15 is 0 Å². The number of hydrogen-bond acceptors (Lipinski definition) is 4. The molecule has 27 heavy (non-hydrogen) atoms. The van der Waals surface area contributed by atoms with E-state index in [-0.39, 0.29) is 36.1 Å². The van der Waals surface area contributed by atoms with Gasteiger partial charge in [0.05, 0.1) is 12.6 Å². The molecule has 9 heteroatoms. The minimum atomic E-state index is -0.495. The number of aliphatic imine (C=N–C) groups is 1. The maximum atomic E-state index is 11.9. The van der Waals surface area contributed by atoms with E-state index in [9.17, 15) is 4.79 Å². The van der Waals surface area contributed by atoms with Crippen LogP contribution in [0.2, 0.25) is 5.15 Å². The summed E-state index contributed by atoms with van der Waals surface area (Å²) >= 11 is 5.81. The van der Waals surface area contributed by atoms with E-state index < -0.39 is 5.60 Å². The van der Waals surface area contributed by atoms with Crippen molar-refractivity contribution < 1.29 is 9.53 Å². The van der Waals surface area contributed by atoms with Crippen LogP contribution in [0.3, 0.4) is 0 Å². The van der Waals surface area contributed by atoms with Gasteiger partial charge in [-0.3, -0.25) is 0 Å². The number of amides is 1. The molecule has 1 aromatic heterocycles. The molecule has 0 aromatic carbocycles. The highest BCUT2D eigenvalue weighted by molar-refractivity contribution is 14.0. The zero-order chi connectivity index (χ0) is 19.2. The lowest BCUT2D eigenvalue weighted by molar-refractivity contribution is 0.0507. The number of alkyl carbamates (subject to hydrolysis) is 1. The number of rotatable bonds is 4. The Kier molecular flexibility index (Phi) is 9.58. The molecule has 152 valence electrons. The van der Waals surface area contributed by atoms with E-state index in [2.05, 4.69) is 25.5 Å². The molecule has 1 aliphatic heterocycles. The summed E-state index contributed by atoms with van der Waals surface area (Å²) in [6, 6.07) is 3.72. The lowest BCUT2D eigenvalue weighted by atomic mass is 10.2. The van der Waals surface area contributed by atoms with Gasteiger partial charge < -0.3 is 20.3 Å². The molecule has 1 aromatic rings. The van der Waals surface area contributed by atoms with Crippen LogP contribution in [0.25, 0.3) is 0 Å². The Morgan fingerprint density at radius 1 is 1.44 bits per heavy atom. The first-order valence-corrected chi connectivity index (χ1v) is 9.28. The molecular weight excluding hydrogens is 481 g/mol. The average molecular weight is 510 g/mol. The molecule has 2 rings (SSSR count). The molecule has 2 heterocycles. The van der Waals surface area contributed by atoms with Crippen LogP contribution in [0.5, 0.6) is 0 Å². The van der Waals surface area contributed by atoms with Crippen LogP contribution < -0.4 is 10.6 Å². The van der Waals surface area contributed by atoms with Crippen molar-refractivity contribution in [2.45, 2.75) is 52.3 Å². The molecule has 0 radical (unpaired) electrons. The van der Waals surface area contributed by atoms with Crippen molar-refractivity contribution >= 4 is 47.6 Å². The SMILES string of the molecule is CCNC(=NCc1ccc(Cl)nc1)N1CCC(NC(=O)OC(C)(C)C)C1.I. The Morgan fingerprint density at radius 2 is 2.19 bits per heavy atom. The van der Waals surface area contributed by atoms with Crippen molar-refractivity contribution in [3.8, 4) is 0 Å². The lowest BCUT2D eigenvalue weighted by Gasteiger charge is -2.23. The molecule has 1 fully saturated rings. The van der Waals surface area contributed by atoms with Crippen LogP contribution in [-0.2, 0) is 11.3 Å². The lowest BCUT2D eigenvalue weighted by Crippen LogP contribution is -2.44. The Bertz CT molecular complexity index is 634. The summed E-state index contributed by atoms with van der Waals surface area (Å²) < 4.78 is 5.33. The molecule has 1 amide bonds. The van der Waals surface area contributed by atoms with Gasteiger partial charge in [0.1, 0.15) is 10.8 Å². The number of likely N-dealkylation sites (tertiary alicyclic amines) is 1. The minimum absolute atomic E-state index is 0. The Labute approximate surface area is 183 Å². The summed E-state index contributed by atoms with van der Waals surface area (Å²) in [6.07, 6.45) is 2.21. The summed E-state index contributed by atoms with van der Waals surface area (Å²) in [5.74, 6) is 0.830. The molecular formula is C18H29ClIN5O2. The van der Waals surface area contributed by atoms with Gasteiger partial charge in [-0.2, -0.15) is 0 Å². The number of hydrogen-bond donors (Lipinski definition) is 2. The third-order valence-electron chi connectivity index (χ3n) is 3.74. The quantitative estimate of drug-likeness (QED) is 0.281. The van der Waals surface area contributed by atoms with Crippen LogP contribution in [0.1, 0.15) is 39.7 Å². The van der Waals surface area contributed by atoms with Crippen molar-refractivity contribution in [3.63, 3.8) is 0 Å². The van der Waals surface area contributed by atoms with Gasteiger partial charge in [-0.1, -0.05) is 17.7 Å². The van der Waals surface area contributed by atoms with Crippen molar-refractivity contribution in [2.75, 3.05) is 19.6 Å². The van der Waals surface area contributed by atoms with E-state index in [4.69, 9.17) is 16.3 Å². The van der Waals surface area contributed by atoms with E-state index in [0.717, 1.165) is 31.0 Å². The standard InChI is InChI=1S/C18H28ClN5O2.HI/c1-5-20-16(22-11-13-6-7-15(19)21-10-13)24-9-8-14(12-24)23-17(25)26-18(2,3)4;/h6-7,10,14H,5,8-9,11-12H2,1-4H3,(H,20,22)(H,23,25);1H. The second-order valence-electron chi connectivity index (χ2n) is 7.24. The number of carbonyl (C=O) groups is 1. The van der Waals surface area contributed by atoms with Gasteiger partial charge >= 0.3 is 6.09 Å². The molecule has 0 bridgehead atoms. The normalized spacial score (nSPS) is 17.3. The number of aromatic nitrogens is 1. The molecule has 1 aliphatic rings. The third-order valence-corrected chi connectivity index (χ3v) is 3.97. The van der Waals surface area contributed by atoms with Crippen LogP contribution in [0.15, 0.2) is 23.3 Å². The monoisotopic (exact) mass is 509 g/mol. The first kappa shape index (κ1) is 23.7. The number of nitrogens with zero attached hydrogens (tertiary/aromatic N) is 3. The van der Waals surface area contributed by atoms with Gasteiger partial charge in [0, 0.05) is 25.8 Å². The first-order valence-electron chi connectivity index (χ1n) is 8.90. The maximum Gasteiger partial charge on any atom is 0.407 e. The summed E-state index contributed by atoms with van der Waals surface area (Å²) in [6.45, 7) is 10.4. The highest BCUT2D eigenvalue weighted by Gasteiger charge is 2.27. The van der Waals surface area contributed by atoms with Crippen molar-refractivity contribution in [2.24, 2.45) is 4.99 Å². The summed E-state index contributed by atoms with van der Waals surface area (Å²) in [4.78, 5) is 22.8. The molecule has 1 atom stereocenters. The Balaban J connectivity index is 0.00000364. The molecule has 7 nitrogen and oxygen atoms in total. The fourth-order valence-corrected chi connectivity index (χ4v) is 2.75. The number of ether oxygens (including phenoxy) is 1. The van der Waals surface area contributed by atoms with E-state index in [1.54, 1.807) is 12.3 Å². The average Bonchev–Trinajstić information content (AvgIpc) is 2.99. The van der Waals surface area contributed by atoms with Crippen LogP contribution in [0.4, 0.5) is 4.79 Å². The van der Waals surface area contributed by atoms with Crippen LogP contribution >= 0.6 is 35.6 Å². The molecule has 0 saturated carbocycles. The van der Waals surface area contributed by atoms with Gasteiger partial charge in [-0.15, -0.1) is 24.0 Å². The van der Waals surface area contributed by atoms with Gasteiger partial charge in [0.15, 0.2) is 5.96 Å². The molecule has 1 unspecified atom stereocenters. The van der Waals surface area contributed by atoms with Gasteiger partial charge in [-0.25, -0.2) is 14.8 Å². The van der Waals surface area contributed by atoms with Gasteiger partial charge in [0.25, 0.3) is 0 Å². The van der Waals surface area contributed by atoms with E-state index in [1.807, 2.05) is 33.8 Å². The first-order chi connectivity index (χ1) is 12.3. The number of guanidine groups is 1. The second-order valence-corrected chi connectivity index (χ2v) is 7.62. The number of pyridine rings is 1. The van der Waals surface area contributed by atoms with E-state index in [0.29, 0.717) is 18.2 Å². The predicted molar refractivity (Wildman–Crippen MR) is 119 cm³/mol. The van der Waals surface area contributed by atoms with E-state index in [1.165, 1.54) is 0 Å². The summed E-state index contributed by atoms with van der Waals surface area (Å²) in [5, 5.41) is 6.71.